The van der Waals surface area contributed by atoms with E-state index < -0.39 is 11.9 Å². The smallest absolute Gasteiger partial charge is 0.307 e. The van der Waals surface area contributed by atoms with Crippen LogP contribution < -0.4 is 21.2 Å². The summed E-state index contributed by atoms with van der Waals surface area (Å²) in [5.41, 5.74) is 7.65. The van der Waals surface area contributed by atoms with Crippen LogP contribution in [0.15, 0.2) is 16.8 Å². The molecule has 0 aliphatic carbocycles. The third kappa shape index (κ3) is 6.81. The van der Waals surface area contributed by atoms with Gasteiger partial charge in [0.05, 0.1) is 18.0 Å². The van der Waals surface area contributed by atoms with Crippen molar-refractivity contribution in [1.29, 1.82) is 0 Å². The lowest BCUT2D eigenvalue weighted by atomic mass is 9.91. The average molecular weight is 654 g/mol. The number of aliphatic carboxylic acids is 2. The van der Waals surface area contributed by atoms with Gasteiger partial charge in [-0.05, 0) is 78.6 Å². The fourth-order valence-electron chi connectivity index (χ4n) is 6.61. The average Bonchev–Trinajstić information content (AvgIpc) is 3.52. The maximum atomic E-state index is 12.7. The van der Waals surface area contributed by atoms with E-state index in [2.05, 4.69) is 33.2 Å². The zero-order valence-corrected chi connectivity index (χ0v) is 27.9. The molecule has 240 valence electrons. The highest BCUT2D eigenvalue weighted by molar-refractivity contribution is 7.87. The summed E-state index contributed by atoms with van der Waals surface area (Å²) in [5.74, 6) is -1.25. The van der Waals surface area contributed by atoms with Crippen LogP contribution in [-0.4, -0.2) is 66.2 Å². The van der Waals surface area contributed by atoms with E-state index in [1.165, 1.54) is 11.8 Å². The number of allylic oxidation sites excluding steroid dienone is 1. The Morgan fingerprint density at radius 2 is 1.78 bits per heavy atom. The van der Waals surface area contributed by atoms with Gasteiger partial charge in [0.1, 0.15) is 0 Å². The molecule has 0 aromatic carbocycles. The first kappa shape index (κ1) is 32.7. The van der Waals surface area contributed by atoms with Crippen molar-refractivity contribution in [3.8, 4) is 0 Å². The Kier molecular flexibility index (Phi) is 9.46. The van der Waals surface area contributed by atoms with Crippen molar-refractivity contribution in [2.24, 2.45) is 11.8 Å². The molecule has 6 N–H and O–H groups in total. The van der Waals surface area contributed by atoms with E-state index in [4.69, 9.17) is 0 Å². The molecule has 3 aliphatic heterocycles. The molecule has 5 atom stereocenters. The number of amides is 2. The van der Waals surface area contributed by atoms with Crippen molar-refractivity contribution in [3.05, 3.63) is 61.2 Å². The van der Waals surface area contributed by atoms with Gasteiger partial charge in [0, 0.05) is 58.1 Å². The standard InChI is InChI=1S/C33H40N4O6S2/c1-14-19(6-8-28(38)39)24(34-21(14)10-23-16(3)31(27-13-45-27)33(43)36-23)12-25-20(7-9-29(40)41)15(2)22(35-25)11-26-30(18(5)44)17(4)32(42)37-26/h6,11-12,17-18,23,27,30,34-35,44H,7-10,13H2,1-5H3,(H,36,43)(H,37,42)(H,38,39)(H,40,41)/p+1/b19-6+,24-12-,26-11-/t17-,18+,23-,27-,30+/m1/s1. The van der Waals surface area contributed by atoms with Gasteiger partial charge >= 0.3 is 11.9 Å². The number of H-pyrrole nitrogens is 2. The number of carbonyl (C=O) groups excluding carboxylic acids is 2. The van der Waals surface area contributed by atoms with Crippen molar-refractivity contribution < 1.29 is 29.4 Å². The Morgan fingerprint density at radius 3 is 2.40 bits per heavy atom. The van der Waals surface area contributed by atoms with E-state index in [0.717, 1.165) is 55.9 Å². The lowest BCUT2D eigenvalue weighted by Gasteiger charge is -2.17. The highest BCUT2D eigenvalue weighted by Gasteiger charge is 2.47. The SMILES string of the molecule is CC1=C([C@H]2C[SH+]2)C(=O)N[C@@H]1Cc1[nH]c(=C\c2[nH]c(/C=C3\NC(=O)[C@H](C)[C@H]3[C@H](C)S)c(C)c2CCC(=O)O)/c(=C/CC(=O)O)c1C. The molecule has 2 fully saturated rings. The molecule has 45 heavy (non-hydrogen) atoms. The Hall–Kier alpha value is -3.64. The molecule has 0 radical (unpaired) electrons. The van der Waals surface area contributed by atoms with Crippen LogP contribution >= 0.6 is 12.6 Å². The monoisotopic (exact) mass is 653 g/mol. The number of carboxylic acid groups (broad SMARTS) is 2. The number of aromatic amines is 2. The number of nitrogens with one attached hydrogen (secondary N) is 4. The number of thiol groups is 2. The topological polar surface area (TPSA) is 164 Å². The summed E-state index contributed by atoms with van der Waals surface area (Å²) < 4.78 is 0. The zero-order valence-electron chi connectivity index (χ0n) is 26.1. The molecular formula is C33H41N4O6S2+. The van der Waals surface area contributed by atoms with Crippen LogP contribution in [0.25, 0.3) is 18.2 Å². The Bertz CT molecular complexity index is 1760. The first-order valence-corrected chi connectivity index (χ1v) is 16.9. The third-order valence-electron chi connectivity index (χ3n) is 9.24. The summed E-state index contributed by atoms with van der Waals surface area (Å²) in [4.78, 5) is 55.3. The molecule has 0 saturated carbocycles. The molecule has 0 spiro atoms. The van der Waals surface area contributed by atoms with Gasteiger partial charge in [-0.25, -0.2) is 0 Å². The molecular weight excluding hydrogens is 613 g/mol. The largest absolute Gasteiger partial charge is 0.481 e. The molecule has 5 heterocycles. The predicted octanol–water partition coefficient (Wildman–Crippen LogP) is 1.66. The number of hydrogen-bond acceptors (Lipinski definition) is 5. The van der Waals surface area contributed by atoms with E-state index in [1.54, 1.807) is 6.08 Å². The van der Waals surface area contributed by atoms with Crippen molar-refractivity contribution >= 4 is 66.4 Å². The highest BCUT2D eigenvalue weighted by atomic mass is 32.2. The Balaban J connectivity index is 1.60. The van der Waals surface area contributed by atoms with Crippen LogP contribution in [0.2, 0.25) is 0 Å². The number of hydrogen-bond donors (Lipinski definition) is 7. The summed E-state index contributed by atoms with van der Waals surface area (Å²) in [5, 5.41) is 26.8. The van der Waals surface area contributed by atoms with Crippen LogP contribution in [0.1, 0.15) is 67.4 Å². The molecule has 10 nitrogen and oxygen atoms in total. The lowest BCUT2D eigenvalue weighted by Crippen LogP contribution is -2.31. The second-order valence-electron chi connectivity index (χ2n) is 12.3. The second-order valence-corrected chi connectivity index (χ2v) is 14.5. The highest BCUT2D eigenvalue weighted by Crippen LogP contribution is 2.34. The van der Waals surface area contributed by atoms with Gasteiger partial charge in [0.15, 0.2) is 11.0 Å². The lowest BCUT2D eigenvalue weighted by molar-refractivity contribution is -0.137. The van der Waals surface area contributed by atoms with Gasteiger partial charge in [0.2, 0.25) is 5.91 Å². The van der Waals surface area contributed by atoms with Crippen LogP contribution in [-0.2, 0) is 43.8 Å². The van der Waals surface area contributed by atoms with E-state index >= 15 is 0 Å². The van der Waals surface area contributed by atoms with Gasteiger partial charge in [0.25, 0.3) is 5.91 Å². The summed E-state index contributed by atoms with van der Waals surface area (Å²) in [6.45, 7) is 9.71. The van der Waals surface area contributed by atoms with Crippen LogP contribution in [0, 0.1) is 25.7 Å². The molecule has 3 aliphatic rings. The molecule has 2 saturated heterocycles. The summed E-state index contributed by atoms with van der Waals surface area (Å²) in [6.07, 6.45) is 6.07. The molecule has 0 unspecified atom stereocenters. The molecule has 2 aromatic heterocycles. The summed E-state index contributed by atoms with van der Waals surface area (Å²) >= 11 is 5.91. The quantitative estimate of drug-likeness (QED) is 0.111. The second kappa shape index (κ2) is 13.0. The van der Waals surface area contributed by atoms with Crippen molar-refractivity contribution in [1.82, 2.24) is 20.6 Å². The minimum Gasteiger partial charge on any atom is -0.481 e. The fourth-order valence-corrected chi connectivity index (χ4v) is 7.82. The Labute approximate surface area is 271 Å². The minimum absolute atomic E-state index is 0.00450. The third-order valence-corrected chi connectivity index (χ3v) is 10.6. The summed E-state index contributed by atoms with van der Waals surface area (Å²) in [7, 11) is 0. The number of carbonyl (C=O) groups is 4. The molecule has 2 aromatic rings. The maximum absolute atomic E-state index is 12.7. The van der Waals surface area contributed by atoms with Gasteiger partial charge in [-0.3, -0.25) is 19.2 Å². The number of carboxylic acids is 2. The molecule has 2 amide bonds. The Morgan fingerprint density at radius 1 is 1.07 bits per heavy atom. The van der Waals surface area contributed by atoms with Crippen molar-refractivity contribution in [3.63, 3.8) is 0 Å². The first-order chi connectivity index (χ1) is 21.3. The zero-order chi connectivity index (χ0) is 32.7. The van der Waals surface area contributed by atoms with Crippen LogP contribution in [0.4, 0.5) is 0 Å². The fraction of sp³-hybridized carbons (Fsp3) is 0.455. The van der Waals surface area contributed by atoms with Gasteiger partial charge in [-0.1, -0.05) is 19.9 Å². The van der Waals surface area contributed by atoms with Crippen LogP contribution in [0.3, 0.4) is 0 Å². The van der Waals surface area contributed by atoms with Gasteiger partial charge in [-0.2, -0.15) is 12.6 Å². The molecule has 5 rings (SSSR count). The normalized spacial score (nSPS) is 25.3. The molecule has 12 heteroatoms. The van der Waals surface area contributed by atoms with Gasteiger partial charge in [-0.15, -0.1) is 0 Å². The van der Waals surface area contributed by atoms with Crippen LogP contribution in [0.5, 0.6) is 0 Å². The number of rotatable bonds is 11. The molecule has 0 bridgehead atoms. The van der Waals surface area contributed by atoms with Gasteiger partial charge < -0.3 is 30.8 Å². The van der Waals surface area contributed by atoms with Crippen molar-refractivity contribution in [2.75, 3.05) is 5.75 Å². The van der Waals surface area contributed by atoms with E-state index in [-0.39, 0.29) is 54.2 Å². The minimum atomic E-state index is -0.953. The summed E-state index contributed by atoms with van der Waals surface area (Å²) in [6, 6.07) is -0.149. The number of aromatic nitrogens is 2. The predicted molar refractivity (Wildman–Crippen MR) is 180 cm³/mol. The van der Waals surface area contributed by atoms with E-state index in [0.29, 0.717) is 22.7 Å². The first-order valence-electron chi connectivity index (χ1n) is 15.2. The van der Waals surface area contributed by atoms with E-state index in [9.17, 15) is 29.4 Å². The van der Waals surface area contributed by atoms with E-state index in [1.807, 2.05) is 46.8 Å². The maximum Gasteiger partial charge on any atom is 0.307 e. The van der Waals surface area contributed by atoms with Crippen molar-refractivity contribution in [2.45, 2.75) is 76.8 Å².